The lowest BCUT2D eigenvalue weighted by Crippen LogP contribution is -2.34. The number of aliphatic hydroxyl groups excluding tert-OH is 1. The molecule has 2 rings (SSSR count). The molecule has 17 heavy (non-hydrogen) atoms. The van der Waals surface area contributed by atoms with Crippen LogP contribution in [0.15, 0.2) is 24.3 Å². The van der Waals surface area contributed by atoms with Gasteiger partial charge in [-0.3, -0.25) is 4.90 Å². The van der Waals surface area contributed by atoms with Gasteiger partial charge in [-0.05, 0) is 49.4 Å². The number of hydrogen-bond donors (Lipinski definition) is 1. The Morgan fingerprint density at radius 2 is 1.71 bits per heavy atom. The fourth-order valence-electron chi connectivity index (χ4n) is 2.47. The summed E-state index contributed by atoms with van der Waals surface area (Å²) in [5.41, 5.74) is 2.82. The highest BCUT2D eigenvalue weighted by atomic mass is 16.3. The summed E-state index contributed by atoms with van der Waals surface area (Å²) in [7, 11) is 0. The summed E-state index contributed by atoms with van der Waals surface area (Å²) in [6.45, 7) is 5.86. The number of aryl methyl sites for hydroxylation is 1. The van der Waals surface area contributed by atoms with Crippen molar-refractivity contribution in [2.24, 2.45) is 5.92 Å². The Balaban J connectivity index is 1.84. The number of rotatable bonds is 4. The third-order valence-electron chi connectivity index (χ3n) is 3.80. The second kappa shape index (κ2) is 6.18. The van der Waals surface area contributed by atoms with Gasteiger partial charge in [-0.2, -0.15) is 0 Å². The van der Waals surface area contributed by atoms with Crippen LogP contribution in [0.2, 0.25) is 0 Å². The van der Waals surface area contributed by atoms with E-state index in [4.69, 9.17) is 5.11 Å². The van der Waals surface area contributed by atoms with Crippen LogP contribution in [-0.2, 0) is 13.0 Å². The summed E-state index contributed by atoms with van der Waals surface area (Å²) in [4.78, 5) is 2.49. The number of hydrogen-bond acceptors (Lipinski definition) is 2. The Morgan fingerprint density at radius 1 is 1.12 bits per heavy atom. The topological polar surface area (TPSA) is 23.5 Å². The highest BCUT2D eigenvalue weighted by Crippen LogP contribution is 2.18. The quantitative estimate of drug-likeness (QED) is 0.863. The van der Waals surface area contributed by atoms with E-state index >= 15 is 0 Å². The SMILES string of the molecule is CCc1ccc(CN2CCC(CO)CC2)cc1. The monoisotopic (exact) mass is 233 g/mol. The predicted octanol–water partition coefficient (Wildman–Crippen LogP) is 2.45. The van der Waals surface area contributed by atoms with E-state index in [2.05, 4.69) is 36.1 Å². The number of nitrogens with zero attached hydrogens (tertiary/aromatic N) is 1. The first-order valence-corrected chi connectivity index (χ1v) is 6.73. The zero-order valence-corrected chi connectivity index (χ0v) is 10.7. The van der Waals surface area contributed by atoms with E-state index in [1.165, 1.54) is 11.1 Å². The summed E-state index contributed by atoms with van der Waals surface area (Å²) in [5.74, 6) is 0.536. The van der Waals surface area contributed by atoms with Crippen LogP contribution in [0, 0.1) is 5.92 Å². The van der Waals surface area contributed by atoms with E-state index in [0.29, 0.717) is 12.5 Å². The van der Waals surface area contributed by atoms with E-state index in [9.17, 15) is 0 Å². The van der Waals surface area contributed by atoms with Gasteiger partial charge in [0.1, 0.15) is 0 Å². The van der Waals surface area contributed by atoms with Crippen molar-refractivity contribution in [2.45, 2.75) is 32.7 Å². The first-order chi connectivity index (χ1) is 8.31. The zero-order valence-electron chi connectivity index (χ0n) is 10.7. The van der Waals surface area contributed by atoms with E-state index in [1.54, 1.807) is 0 Å². The fourth-order valence-corrected chi connectivity index (χ4v) is 2.47. The lowest BCUT2D eigenvalue weighted by atomic mass is 9.97. The molecule has 1 aromatic carbocycles. The van der Waals surface area contributed by atoms with E-state index < -0.39 is 0 Å². The molecule has 2 heteroatoms. The molecule has 94 valence electrons. The molecular formula is C15H23NO. The van der Waals surface area contributed by atoms with Gasteiger partial charge in [0, 0.05) is 13.2 Å². The van der Waals surface area contributed by atoms with Crippen LogP contribution in [0.25, 0.3) is 0 Å². The number of benzene rings is 1. The van der Waals surface area contributed by atoms with Crippen molar-refractivity contribution in [3.05, 3.63) is 35.4 Å². The molecule has 0 radical (unpaired) electrons. The van der Waals surface area contributed by atoms with Gasteiger partial charge in [-0.25, -0.2) is 0 Å². The first-order valence-electron chi connectivity index (χ1n) is 6.73. The molecule has 0 atom stereocenters. The van der Waals surface area contributed by atoms with Crippen molar-refractivity contribution in [3.63, 3.8) is 0 Å². The maximum Gasteiger partial charge on any atom is 0.0460 e. The van der Waals surface area contributed by atoms with Crippen molar-refractivity contribution >= 4 is 0 Å². The molecule has 1 aliphatic heterocycles. The molecule has 1 aromatic rings. The second-order valence-electron chi connectivity index (χ2n) is 5.07. The van der Waals surface area contributed by atoms with Crippen LogP contribution >= 0.6 is 0 Å². The van der Waals surface area contributed by atoms with Crippen LogP contribution in [-0.4, -0.2) is 29.7 Å². The van der Waals surface area contributed by atoms with Crippen molar-refractivity contribution in [3.8, 4) is 0 Å². The highest BCUT2D eigenvalue weighted by molar-refractivity contribution is 5.22. The molecule has 1 saturated heterocycles. The van der Waals surface area contributed by atoms with Crippen molar-refractivity contribution < 1.29 is 5.11 Å². The van der Waals surface area contributed by atoms with Crippen LogP contribution in [0.5, 0.6) is 0 Å². The highest BCUT2D eigenvalue weighted by Gasteiger charge is 2.18. The summed E-state index contributed by atoms with van der Waals surface area (Å²) in [6.07, 6.45) is 3.40. The van der Waals surface area contributed by atoms with Gasteiger partial charge in [0.2, 0.25) is 0 Å². The summed E-state index contributed by atoms with van der Waals surface area (Å²) in [6, 6.07) is 8.96. The van der Waals surface area contributed by atoms with Gasteiger partial charge >= 0.3 is 0 Å². The Hall–Kier alpha value is -0.860. The molecule has 0 aromatic heterocycles. The zero-order chi connectivity index (χ0) is 12.1. The van der Waals surface area contributed by atoms with Crippen LogP contribution in [0.3, 0.4) is 0 Å². The lowest BCUT2D eigenvalue weighted by Gasteiger charge is -2.31. The summed E-state index contributed by atoms with van der Waals surface area (Å²) < 4.78 is 0. The van der Waals surface area contributed by atoms with Gasteiger partial charge in [0.15, 0.2) is 0 Å². The lowest BCUT2D eigenvalue weighted by molar-refractivity contribution is 0.127. The number of likely N-dealkylation sites (tertiary alicyclic amines) is 1. The van der Waals surface area contributed by atoms with E-state index in [1.807, 2.05) is 0 Å². The largest absolute Gasteiger partial charge is 0.396 e. The first kappa shape index (κ1) is 12.6. The molecule has 1 fully saturated rings. The molecule has 0 saturated carbocycles. The van der Waals surface area contributed by atoms with Crippen LogP contribution in [0.1, 0.15) is 30.9 Å². The third-order valence-corrected chi connectivity index (χ3v) is 3.80. The third kappa shape index (κ3) is 3.55. The molecule has 0 aliphatic carbocycles. The van der Waals surface area contributed by atoms with Gasteiger partial charge in [-0.15, -0.1) is 0 Å². The number of aliphatic hydroxyl groups is 1. The average Bonchev–Trinajstić information content (AvgIpc) is 2.40. The van der Waals surface area contributed by atoms with Gasteiger partial charge < -0.3 is 5.11 Å². The molecular weight excluding hydrogens is 210 g/mol. The Labute approximate surface area is 104 Å². The molecule has 1 aliphatic rings. The Bertz CT molecular complexity index is 325. The summed E-state index contributed by atoms with van der Waals surface area (Å²) >= 11 is 0. The minimum atomic E-state index is 0.360. The maximum absolute atomic E-state index is 9.11. The van der Waals surface area contributed by atoms with Crippen molar-refractivity contribution in [1.82, 2.24) is 4.90 Å². The summed E-state index contributed by atoms with van der Waals surface area (Å²) in [5, 5.41) is 9.11. The molecule has 1 heterocycles. The molecule has 2 nitrogen and oxygen atoms in total. The molecule has 1 N–H and O–H groups in total. The molecule has 0 amide bonds. The average molecular weight is 233 g/mol. The number of piperidine rings is 1. The standard InChI is InChI=1S/C15H23NO/c1-2-13-3-5-14(6-4-13)11-16-9-7-15(12-17)8-10-16/h3-6,15,17H,2,7-12H2,1H3. The predicted molar refractivity (Wildman–Crippen MR) is 70.9 cm³/mol. The van der Waals surface area contributed by atoms with Gasteiger partial charge in [-0.1, -0.05) is 31.2 Å². The van der Waals surface area contributed by atoms with Gasteiger partial charge in [0.05, 0.1) is 0 Å². The Kier molecular flexibility index (Phi) is 4.57. The minimum Gasteiger partial charge on any atom is -0.396 e. The Morgan fingerprint density at radius 3 is 2.24 bits per heavy atom. The molecule has 0 spiro atoms. The minimum absolute atomic E-state index is 0.360. The van der Waals surface area contributed by atoms with Crippen LogP contribution < -0.4 is 0 Å². The fraction of sp³-hybridized carbons (Fsp3) is 0.600. The normalized spacial score (nSPS) is 18.5. The maximum atomic E-state index is 9.11. The smallest absolute Gasteiger partial charge is 0.0460 e. The molecule has 0 bridgehead atoms. The van der Waals surface area contributed by atoms with Crippen molar-refractivity contribution in [2.75, 3.05) is 19.7 Å². The van der Waals surface area contributed by atoms with Crippen LogP contribution in [0.4, 0.5) is 0 Å². The molecule has 0 unspecified atom stereocenters. The van der Waals surface area contributed by atoms with Gasteiger partial charge in [0.25, 0.3) is 0 Å². The second-order valence-corrected chi connectivity index (χ2v) is 5.07. The van der Waals surface area contributed by atoms with Crippen molar-refractivity contribution in [1.29, 1.82) is 0 Å². The van der Waals surface area contributed by atoms with E-state index in [0.717, 1.165) is 38.9 Å². The van der Waals surface area contributed by atoms with E-state index in [-0.39, 0.29) is 0 Å².